The largest absolute Gasteiger partial charge is 0.324 e. The molecule has 2 heterocycles. The van der Waals surface area contributed by atoms with Gasteiger partial charge in [-0.1, -0.05) is 47.6 Å². The molecule has 0 aliphatic carbocycles. The number of rotatable bonds is 8. The number of benzene rings is 1. The lowest BCUT2D eigenvalue weighted by Crippen LogP contribution is -2.15. The Hall–Kier alpha value is -2.09. The molecule has 0 bridgehead atoms. The minimum absolute atomic E-state index is 0.143. The molecule has 0 saturated carbocycles. The van der Waals surface area contributed by atoms with E-state index in [1.165, 1.54) is 16.6 Å². The number of nitrogens with one attached hydrogen (secondary N) is 1. The van der Waals surface area contributed by atoms with Gasteiger partial charge in [0.1, 0.15) is 5.82 Å². The van der Waals surface area contributed by atoms with Crippen molar-refractivity contribution >= 4 is 46.3 Å². The number of aromatic nitrogens is 3. The van der Waals surface area contributed by atoms with Gasteiger partial charge < -0.3 is 9.88 Å². The standard InChI is InChI=1S/C18H17ClN4OS2/c1-2-9-23-16(11-13-6-5-10-25-13)21-22-18(23)26-12-17(24)20-15-8-4-3-7-14(15)19/h2-8,10H,1,9,11-12H2,(H,20,24). The fourth-order valence-electron chi connectivity index (χ4n) is 2.32. The fraction of sp³-hybridized carbons (Fsp3) is 0.167. The summed E-state index contributed by atoms with van der Waals surface area (Å²) in [5.41, 5.74) is 0.603. The Morgan fingerprint density at radius 3 is 2.88 bits per heavy atom. The van der Waals surface area contributed by atoms with Crippen molar-refractivity contribution in [3.63, 3.8) is 0 Å². The predicted molar refractivity (Wildman–Crippen MR) is 108 cm³/mol. The summed E-state index contributed by atoms with van der Waals surface area (Å²) in [5, 5.41) is 14.6. The van der Waals surface area contributed by atoms with Crippen LogP contribution in [-0.2, 0) is 17.8 Å². The highest BCUT2D eigenvalue weighted by Crippen LogP contribution is 2.23. The molecule has 26 heavy (non-hydrogen) atoms. The van der Waals surface area contributed by atoms with Gasteiger partial charge in [-0.25, -0.2) is 0 Å². The number of halogens is 1. The van der Waals surface area contributed by atoms with E-state index in [1.54, 1.807) is 29.5 Å². The molecule has 3 rings (SSSR count). The summed E-state index contributed by atoms with van der Waals surface area (Å²) in [5.74, 6) is 0.942. The molecule has 1 N–H and O–H groups in total. The van der Waals surface area contributed by atoms with Gasteiger partial charge in [0, 0.05) is 17.8 Å². The summed E-state index contributed by atoms with van der Waals surface area (Å²) in [7, 11) is 0. The molecule has 5 nitrogen and oxygen atoms in total. The third kappa shape index (κ3) is 4.75. The Bertz CT molecular complexity index is 892. The molecule has 0 unspecified atom stereocenters. The minimum Gasteiger partial charge on any atom is -0.324 e. The van der Waals surface area contributed by atoms with Crippen molar-refractivity contribution in [3.05, 3.63) is 70.2 Å². The lowest BCUT2D eigenvalue weighted by Gasteiger charge is -2.08. The number of allylic oxidation sites excluding steroid dienone is 1. The van der Waals surface area contributed by atoms with Gasteiger partial charge in [-0.3, -0.25) is 4.79 Å². The molecule has 0 spiro atoms. The lowest BCUT2D eigenvalue weighted by molar-refractivity contribution is -0.113. The van der Waals surface area contributed by atoms with E-state index in [0.717, 1.165) is 5.82 Å². The Morgan fingerprint density at radius 1 is 1.31 bits per heavy atom. The van der Waals surface area contributed by atoms with E-state index >= 15 is 0 Å². The van der Waals surface area contributed by atoms with Crippen LogP contribution in [-0.4, -0.2) is 26.4 Å². The molecule has 1 amide bonds. The molecule has 8 heteroatoms. The van der Waals surface area contributed by atoms with E-state index in [1.807, 2.05) is 28.1 Å². The second-order valence-electron chi connectivity index (χ2n) is 5.37. The number of carbonyl (C=O) groups is 1. The highest BCUT2D eigenvalue weighted by molar-refractivity contribution is 7.99. The van der Waals surface area contributed by atoms with E-state index in [-0.39, 0.29) is 11.7 Å². The van der Waals surface area contributed by atoms with Crippen LogP contribution in [0.25, 0.3) is 0 Å². The minimum atomic E-state index is -0.143. The molecular formula is C18H17ClN4OS2. The molecule has 0 fully saturated rings. The summed E-state index contributed by atoms with van der Waals surface area (Å²) in [6.45, 7) is 4.40. The Balaban J connectivity index is 1.65. The van der Waals surface area contributed by atoms with E-state index in [9.17, 15) is 4.79 Å². The molecule has 0 atom stereocenters. The number of hydrogen-bond donors (Lipinski definition) is 1. The molecule has 0 saturated heterocycles. The van der Waals surface area contributed by atoms with E-state index in [2.05, 4.69) is 28.2 Å². The van der Waals surface area contributed by atoms with Crippen LogP contribution < -0.4 is 5.32 Å². The van der Waals surface area contributed by atoms with Gasteiger partial charge in [0.15, 0.2) is 5.16 Å². The monoisotopic (exact) mass is 404 g/mol. The number of hydrogen-bond acceptors (Lipinski definition) is 5. The zero-order chi connectivity index (χ0) is 18.4. The van der Waals surface area contributed by atoms with Gasteiger partial charge in [0.2, 0.25) is 5.91 Å². The number of para-hydroxylation sites is 1. The molecule has 0 aliphatic rings. The van der Waals surface area contributed by atoms with Gasteiger partial charge in [0.05, 0.1) is 16.5 Å². The van der Waals surface area contributed by atoms with E-state index in [0.29, 0.717) is 28.8 Å². The number of anilines is 1. The molecule has 1 aromatic carbocycles. The number of thiophene rings is 1. The summed E-state index contributed by atoms with van der Waals surface area (Å²) in [6.07, 6.45) is 2.51. The predicted octanol–water partition coefficient (Wildman–Crippen LogP) is 4.50. The first kappa shape index (κ1) is 18.7. The highest BCUT2D eigenvalue weighted by atomic mass is 35.5. The van der Waals surface area contributed by atoms with Crippen LogP contribution in [0.5, 0.6) is 0 Å². The van der Waals surface area contributed by atoms with Gasteiger partial charge in [-0.2, -0.15) is 0 Å². The molecular weight excluding hydrogens is 388 g/mol. The third-order valence-electron chi connectivity index (χ3n) is 3.50. The first-order valence-electron chi connectivity index (χ1n) is 7.90. The highest BCUT2D eigenvalue weighted by Gasteiger charge is 2.14. The molecule has 2 aromatic heterocycles. The maximum atomic E-state index is 12.2. The Labute approximate surface area is 165 Å². The number of carbonyl (C=O) groups excluding carboxylic acids is 1. The van der Waals surface area contributed by atoms with Crippen LogP contribution in [0.1, 0.15) is 10.7 Å². The molecule has 134 valence electrons. The zero-order valence-electron chi connectivity index (χ0n) is 13.9. The van der Waals surface area contributed by atoms with Gasteiger partial charge in [-0.15, -0.1) is 28.1 Å². The Morgan fingerprint density at radius 2 is 2.15 bits per heavy atom. The first-order valence-corrected chi connectivity index (χ1v) is 10.1. The zero-order valence-corrected chi connectivity index (χ0v) is 16.3. The summed E-state index contributed by atoms with van der Waals surface area (Å²) in [4.78, 5) is 13.4. The van der Waals surface area contributed by atoms with Crippen LogP contribution in [0, 0.1) is 0 Å². The smallest absolute Gasteiger partial charge is 0.234 e. The third-order valence-corrected chi connectivity index (χ3v) is 5.67. The van der Waals surface area contributed by atoms with Crippen molar-refractivity contribution < 1.29 is 4.79 Å². The second-order valence-corrected chi connectivity index (χ2v) is 7.75. The summed E-state index contributed by atoms with van der Waals surface area (Å²) >= 11 is 9.09. The molecule has 0 aliphatic heterocycles. The maximum absolute atomic E-state index is 12.2. The van der Waals surface area contributed by atoms with Gasteiger partial charge in [0.25, 0.3) is 0 Å². The fourth-order valence-corrected chi connectivity index (χ4v) is 3.97. The van der Waals surface area contributed by atoms with E-state index < -0.39 is 0 Å². The van der Waals surface area contributed by atoms with Crippen molar-refractivity contribution in [2.75, 3.05) is 11.1 Å². The SMILES string of the molecule is C=CCn1c(Cc2cccs2)nnc1SCC(=O)Nc1ccccc1Cl. The van der Waals surface area contributed by atoms with Crippen molar-refractivity contribution in [1.82, 2.24) is 14.8 Å². The number of thioether (sulfide) groups is 1. The molecule has 3 aromatic rings. The van der Waals surface area contributed by atoms with Crippen molar-refractivity contribution in [3.8, 4) is 0 Å². The average molecular weight is 405 g/mol. The Kier molecular flexibility index (Phi) is 6.49. The second kappa shape index (κ2) is 9.02. The van der Waals surface area contributed by atoms with Crippen LogP contribution in [0.15, 0.2) is 59.6 Å². The summed E-state index contributed by atoms with van der Waals surface area (Å²) in [6, 6.07) is 11.2. The van der Waals surface area contributed by atoms with Crippen LogP contribution >= 0.6 is 34.7 Å². The molecule has 0 radical (unpaired) electrons. The summed E-state index contributed by atoms with van der Waals surface area (Å²) < 4.78 is 1.99. The normalized spacial score (nSPS) is 10.7. The number of nitrogens with zero attached hydrogens (tertiary/aromatic N) is 3. The van der Waals surface area contributed by atoms with Crippen molar-refractivity contribution in [2.45, 2.75) is 18.1 Å². The van der Waals surface area contributed by atoms with Crippen molar-refractivity contribution in [2.24, 2.45) is 0 Å². The lowest BCUT2D eigenvalue weighted by atomic mass is 10.3. The quantitative estimate of drug-likeness (QED) is 0.443. The van der Waals surface area contributed by atoms with Crippen LogP contribution in [0.3, 0.4) is 0 Å². The van der Waals surface area contributed by atoms with Crippen LogP contribution in [0.4, 0.5) is 5.69 Å². The van der Waals surface area contributed by atoms with Gasteiger partial charge in [-0.05, 0) is 23.6 Å². The van der Waals surface area contributed by atoms with Crippen LogP contribution in [0.2, 0.25) is 5.02 Å². The topological polar surface area (TPSA) is 59.8 Å². The number of amides is 1. The average Bonchev–Trinajstić information content (AvgIpc) is 3.27. The van der Waals surface area contributed by atoms with E-state index in [4.69, 9.17) is 11.6 Å². The van der Waals surface area contributed by atoms with Gasteiger partial charge >= 0.3 is 0 Å². The van der Waals surface area contributed by atoms with Crippen molar-refractivity contribution in [1.29, 1.82) is 0 Å². The maximum Gasteiger partial charge on any atom is 0.234 e. The first-order chi connectivity index (χ1) is 12.7.